The molecule has 0 radical (unpaired) electrons. The molecule has 0 aliphatic heterocycles. The lowest BCUT2D eigenvalue weighted by Gasteiger charge is -2.21. The van der Waals surface area contributed by atoms with Crippen molar-refractivity contribution in [2.45, 2.75) is 13.3 Å². The molecule has 0 fully saturated rings. The molecule has 1 aliphatic rings. The second kappa shape index (κ2) is 2.59. The van der Waals surface area contributed by atoms with E-state index in [0.29, 0.717) is 0 Å². The van der Waals surface area contributed by atoms with Crippen molar-refractivity contribution in [1.82, 2.24) is 0 Å². The molecule has 0 bridgehead atoms. The molecule has 1 aromatic carbocycles. The lowest BCUT2D eigenvalue weighted by atomic mass is 9.82. The maximum atomic E-state index is 10.8. The number of benzene rings is 1. The van der Waals surface area contributed by atoms with Gasteiger partial charge in [0.1, 0.15) is 0 Å². The summed E-state index contributed by atoms with van der Waals surface area (Å²) in [6, 6.07) is 8.20. The Morgan fingerprint density at radius 3 is 2.83 bits per heavy atom. The predicted molar refractivity (Wildman–Crippen MR) is 48.8 cm³/mol. The highest BCUT2D eigenvalue weighted by molar-refractivity contribution is 5.98. The normalized spacial score (nSPS) is 16.9. The molecule has 12 heavy (non-hydrogen) atoms. The molecule has 0 unspecified atom stereocenters. The first kappa shape index (κ1) is 7.29. The minimum atomic E-state index is 0.138. The molecule has 2 rings (SSSR count). The van der Waals surface area contributed by atoms with Gasteiger partial charge in [0.2, 0.25) is 0 Å². The van der Waals surface area contributed by atoms with E-state index in [1.165, 1.54) is 16.7 Å². The predicted octanol–water partition coefficient (Wildman–Crippen LogP) is 2.22. The quantitative estimate of drug-likeness (QED) is 0.573. The van der Waals surface area contributed by atoms with Crippen LogP contribution in [0.25, 0.3) is 5.57 Å². The molecule has 0 atom stereocenters. The van der Waals surface area contributed by atoms with Crippen LogP contribution >= 0.6 is 0 Å². The first-order valence-corrected chi connectivity index (χ1v) is 4.07. The molecule has 0 saturated carbocycles. The van der Waals surface area contributed by atoms with Crippen LogP contribution in [0.15, 0.2) is 30.3 Å². The van der Waals surface area contributed by atoms with E-state index in [9.17, 15) is 4.79 Å². The number of carbonyl (C=O) groups excluding carboxylic acids is 1. The molecule has 0 spiro atoms. The summed E-state index contributed by atoms with van der Waals surface area (Å²) in [7, 11) is 0. The molecule has 0 N–H and O–H groups in total. The highest BCUT2D eigenvalue weighted by atomic mass is 16.1. The fourth-order valence-electron chi connectivity index (χ4n) is 1.56. The summed E-state index contributed by atoms with van der Waals surface area (Å²) >= 11 is 0. The Kier molecular flexibility index (Phi) is 1.58. The minimum absolute atomic E-state index is 0.138. The molecule has 60 valence electrons. The van der Waals surface area contributed by atoms with Crippen molar-refractivity contribution >= 4 is 11.4 Å². The molecular weight excluding hydrogens is 148 g/mol. The van der Waals surface area contributed by atoms with E-state index in [-0.39, 0.29) is 5.78 Å². The topological polar surface area (TPSA) is 17.1 Å². The molecule has 1 aromatic rings. The maximum absolute atomic E-state index is 10.8. The molecule has 0 heterocycles. The fourth-order valence-corrected chi connectivity index (χ4v) is 1.56. The monoisotopic (exact) mass is 158 g/mol. The van der Waals surface area contributed by atoms with Gasteiger partial charge in [-0.15, -0.1) is 0 Å². The third-order valence-corrected chi connectivity index (χ3v) is 2.12. The summed E-state index contributed by atoms with van der Waals surface area (Å²) in [5.41, 5.74) is 3.77. The van der Waals surface area contributed by atoms with Crippen LogP contribution in [0.2, 0.25) is 0 Å². The lowest BCUT2D eigenvalue weighted by molar-refractivity contribution is -0.112. The first-order chi connectivity index (χ1) is 5.77. The van der Waals surface area contributed by atoms with Crippen molar-refractivity contribution < 1.29 is 4.79 Å². The number of fused-ring (bicyclic) bond motifs is 1. The fraction of sp³-hybridized carbons (Fsp3) is 0.182. The maximum Gasteiger partial charge on any atom is 0.152 e. The Hall–Kier alpha value is -1.37. The number of allylic oxidation sites excluding steroid dienone is 2. The Balaban J connectivity index is 2.37. The van der Waals surface area contributed by atoms with Crippen molar-refractivity contribution in [1.29, 1.82) is 0 Å². The Morgan fingerprint density at radius 2 is 2.17 bits per heavy atom. The first-order valence-electron chi connectivity index (χ1n) is 4.07. The van der Waals surface area contributed by atoms with E-state index < -0.39 is 0 Å². The largest absolute Gasteiger partial charge is 0.295 e. The van der Waals surface area contributed by atoms with E-state index in [0.717, 1.165) is 6.42 Å². The van der Waals surface area contributed by atoms with Crippen LogP contribution in [0.1, 0.15) is 18.1 Å². The summed E-state index contributed by atoms with van der Waals surface area (Å²) in [5, 5.41) is 0. The van der Waals surface area contributed by atoms with Gasteiger partial charge in [0, 0.05) is 0 Å². The van der Waals surface area contributed by atoms with Crippen LogP contribution in [0, 0.1) is 0 Å². The summed E-state index contributed by atoms with van der Waals surface area (Å²) in [4.78, 5) is 10.8. The van der Waals surface area contributed by atoms with E-state index >= 15 is 0 Å². The second-order valence-corrected chi connectivity index (χ2v) is 3.11. The van der Waals surface area contributed by atoms with Gasteiger partial charge in [-0.2, -0.15) is 0 Å². The van der Waals surface area contributed by atoms with Crippen LogP contribution in [0.3, 0.4) is 0 Å². The van der Waals surface area contributed by atoms with Gasteiger partial charge in [-0.3, -0.25) is 4.79 Å². The van der Waals surface area contributed by atoms with Crippen LogP contribution in [0.5, 0.6) is 0 Å². The highest BCUT2D eigenvalue weighted by Crippen LogP contribution is 2.33. The molecule has 0 saturated heterocycles. The number of hydrogen-bond acceptors (Lipinski definition) is 1. The van der Waals surface area contributed by atoms with Crippen molar-refractivity contribution in [2.24, 2.45) is 0 Å². The standard InChI is InChI=1S/C11H10O/c1-8(12)6-10-7-9-4-2-3-5-11(9)10/h2-6H,7H2,1H3/b10-6+. The molecule has 1 aliphatic carbocycles. The number of ketones is 1. The smallest absolute Gasteiger partial charge is 0.152 e. The summed E-state index contributed by atoms with van der Waals surface area (Å²) in [6.45, 7) is 1.59. The third-order valence-electron chi connectivity index (χ3n) is 2.12. The van der Waals surface area contributed by atoms with E-state index in [1.54, 1.807) is 13.0 Å². The van der Waals surface area contributed by atoms with Gasteiger partial charge in [-0.1, -0.05) is 24.3 Å². The van der Waals surface area contributed by atoms with E-state index in [2.05, 4.69) is 12.1 Å². The highest BCUT2D eigenvalue weighted by Gasteiger charge is 2.17. The van der Waals surface area contributed by atoms with Crippen molar-refractivity contribution in [2.75, 3.05) is 0 Å². The van der Waals surface area contributed by atoms with Gasteiger partial charge in [0.15, 0.2) is 5.78 Å². The van der Waals surface area contributed by atoms with Crippen molar-refractivity contribution in [3.63, 3.8) is 0 Å². The molecule has 0 aromatic heterocycles. The Morgan fingerprint density at radius 1 is 1.42 bits per heavy atom. The van der Waals surface area contributed by atoms with Crippen molar-refractivity contribution in [3.05, 3.63) is 41.5 Å². The van der Waals surface area contributed by atoms with Gasteiger partial charge in [-0.25, -0.2) is 0 Å². The Bertz CT molecular complexity index is 361. The van der Waals surface area contributed by atoms with Crippen molar-refractivity contribution in [3.8, 4) is 0 Å². The molecular formula is C11H10O. The zero-order valence-corrected chi connectivity index (χ0v) is 7.00. The molecule has 1 heteroatoms. The third kappa shape index (κ3) is 1.07. The molecule has 0 amide bonds. The average Bonchev–Trinajstić information content (AvgIpc) is 2.00. The average molecular weight is 158 g/mol. The van der Waals surface area contributed by atoms with Crippen LogP contribution in [0.4, 0.5) is 0 Å². The van der Waals surface area contributed by atoms with Crippen LogP contribution < -0.4 is 0 Å². The number of carbonyl (C=O) groups is 1. The summed E-state index contributed by atoms with van der Waals surface area (Å²) in [6.07, 6.45) is 2.68. The van der Waals surface area contributed by atoms with Gasteiger partial charge in [0.05, 0.1) is 0 Å². The summed E-state index contributed by atoms with van der Waals surface area (Å²) in [5.74, 6) is 0.138. The van der Waals surface area contributed by atoms with Gasteiger partial charge in [-0.05, 0) is 36.1 Å². The molecule has 1 nitrogen and oxygen atoms in total. The van der Waals surface area contributed by atoms with E-state index in [4.69, 9.17) is 0 Å². The minimum Gasteiger partial charge on any atom is -0.295 e. The second-order valence-electron chi connectivity index (χ2n) is 3.11. The number of hydrogen-bond donors (Lipinski definition) is 0. The SMILES string of the molecule is CC(=O)/C=C1\Cc2ccccc21. The van der Waals surface area contributed by atoms with E-state index in [1.807, 2.05) is 12.1 Å². The lowest BCUT2D eigenvalue weighted by Crippen LogP contribution is -2.07. The van der Waals surface area contributed by atoms with Gasteiger partial charge in [0.25, 0.3) is 0 Å². The van der Waals surface area contributed by atoms with Crippen LogP contribution in [-0.4, -0.2) is 5.78 Å². The number of rotatable bonds is 1. The van der Waals surface area contributed by atoms with Gasteiger partial charge >= 0.3 is 0 Å². The summed E-state index contributed by atoms with van der Waals surface area (Å²) < 4.78 is 0. The Labute approximate surface area is 71.7 Å². The zero-order chi connectivity index (χ0) is 8.55. The zero-order valence-electron chi connectivity index (χ0n) is 7.00. The van der Waals surface area contributed by atoms with Gasteiger partial charge < -0.3 is 0 Å². The van der Waals surface area contributed by atoms with Crippen LogP contribution in [-0.2, 0) is 11.2 Å².